The lowest BCUT2D eigenvalue weighted by Crippen LogP contribution is -2.09. The summed E-state index contributed by atoms with van der Waals surface area (Å²) in [5, 5.41) is 5.55. The lowest BCUT2D eigenvalue weighted by Gasteiger charge is -2.04. The van der Waals surface area contributed by atoms with Gasteiger partial charge in [-0.05, 0) is 30.3 Å². The predicted molar refractivity (Wildman–Crippen MR) is 101 cm³/mol. The lowest BCUT2D eigenvalue weighted by molar-refractivity contribution is 0.607. The van der Waals surface area contributed by atoms with Crippen molar-refractivity contribution in [2.45, 2.75) is 0 Å². The van der Waals surface area contributed by atoms with Crippen LogP contribution in [0.2, 0.25) is 5.02 Å². The van der Waals surface area contributed by atoms with Gasteiger partial charge in [0.05, 0.1) is 17.0 Å². The molecule has 0 bridgehead atoms. The van der Waals surface area contributed by atoms with Crippen molar-refractivity contribution >= 4 is 49.5 Å². The monoisotopic (exact) mass is 397 g/mol. The van der Waals surface area contributed by atoms with Gasteiger partial charge in [-0.3, -0.25) is 4.72 Å². The van der Waals surface area contributed by atoms with E-state index in [1.165, 1.54) is 23.5 Å². The van der Waals surface area contributed by atoms with Gasteiger partial charge in [0.2, 0.25) is 10.0 Å². The number of hydrogen-bond donors (Lipinski definition) is 2. The Hall–Kier alpha value is -2.16. The summed E-state index contributed by atoms with van der Waals surface area (Å²) in [4.78, 5) is 4.45. The van der Waals surface area contributed by atoms with Crippen molar-refractivity contribution in [3.63, 3.8) is 0 Å². The van der Waals surface area contributed by atoms with Crippen molar-refractivity contribution in [1.29, 1.82) is 0 Å². The summed E-state index contributed by atoms with van der Waals surface area (Å²) in [5.41, 5.74) is 2.60. The van der Waals surface area contributed by atoms with Crippen molar-refractivity contribution in [3.8, 4) is 11.3 Å². The average molecular weight is 398 g/mol. The average Bonchev–Trinajstić information content (AvgIpc) is 2.99. The van der Waals surface area contributed by atoms with Gasteiger partial charge in [-0.25, -0.2) is 17.8 Å². The Morgan fingerprint density at radius 1 is 1.12 bits per heavy atom. The molecule has 2 N–H and O–H groups in total. The minimum atomic E-state index is -3.31. The summed E-state index contributed by atoms with van der Waals surface area (Å²) >= 11 is 7.04. The van der Waals surface area contributed by atoms with E-state index < -0.39 is 15.8 Å². The Kier molecular flexibility index (Phi) is 4.94. The molecule has 3 rings (SSSR count). The normalized spacial score (nSPS) is 11.3. The molecule has 0 fully saturated rings. The Labute approximate surface area is 153 Å². The summed E-state index contributed by atoms with van der Waals surface area (Å²) in [5.74, 6) is -0.502. The Morgan fingerprint density at radius 3 is 2.44 bits per heavy atom. The highest BCUT2D eigenvalue weighted by Crippen LogP contribution is 2.29. The van der Waals surface area contributed by atoms with Crippen LogP contribution in [0.1, 0.15) is 0 Å². The maximum absolute atomic E-state index is 13.5. The fraction of sp³-hybridized carbons (Fsp3) is 0.0625. The van der Waals surface area contributed by atoms with Crippen LogP contribution in [0, 0.1) is 5.82 Å². The number of sulfonamides is 1. The van der Waals surface area contributed by atoms with Crippen LogP contribution in [0.5, 0.6) is 0 Å². The standard InChI is InChI=1S/C16H13ClFN3O2S2/c1-25(22,23)21-11-4-2-10(3-5-11)15-9-24-16(20-15)19-12-6-7-13(17)14(18)8-12/h2-9,21H,1H3,(H,19,20). The topological polar surface area (TPSA) is 71.1 Å². The summed E-state index contributed by atoms with van der Waals surface area (Å²) < 4.78 is 38.3. The van der Waals surface area contributed by atoms with Crippen LogP contribution >= 0.6 is 22.9 Å². The third-order valence-electron chi connectivity index (χ3n) is 3.16. The van der Waals surface area contributed by atoms with Crippen LogP contribution in [0.4, 0.5) is 20.9 Å². The summed E-state index contributed by atoms with van der Waals surface area (Å²) in [6.07, 6.45) is 1.10. The van der Waals surface area contributed by atoms with Crippen molar-refractivity contribution in [2.24, 2.45) is 0 Å². The molecule has 2 aromatic carbocycles. The molecule has 0 radical (unpaired) electrons. The first-order valence-electron chi connectivity index (χ1n) is 7.06. The highest BCUT2D eigenvalue weighted by molar-refractivity contribution is 7.92. The smallest absolute Gasteiger partial charge is 0.229 e. The van der Waals surface area contributed by atoms with E-state index in [9.17, 15) is 12.8 Å². The van der Waals surface area contributed by atoms with Crippen molar-refractivity contribution in [1.82, 2.24) is 4.98 Å². The first-order chi connectivity index (χ1) is 11.8. The van der Waals surface area contributed by atoms with E-state index in [1.54, 1.807) is 30.3 Å². The fourth-order valence-corrected chi connectivity index (χ4v) is 3.51. The summed E-state index contributed by atoms with van der Waals surface area (Å²) in [6, 6.07) is 11.3. The Balaban J connectivity index is 1.75. The minimum Gasteiger partial charge on any atom is -0.331 e. The molecule has 0 saturated carbocycles. The van der Waals surface area contributed by atoms with Crippen LogP contribution in [-0.4, -0.2) is 19.7 Å². The predicted octanol–water partition coefficient (Wildman–Crippen LogP) is 4.72. The number of hydrogen-bond acceptors (Lipinski definition) is 5. The Bertz CT molecular complexity index is 1000. The van der Waals surface area contributed by atoms with Gasteiger partial charge in [0.1, 0.15) is 5.82 Å². The molecule has 130 valence electrons. The molecule has 0 aliphatic heterocycles. The highest BCUT2D eigenvalue weighted by atomic mass is 35.5. The van der Waals surface area contributed by atoms with Gasteiger partial charge in [0.25, 0.3) is 0 Å². The van der Waals surface area contributed by atoms with Crippen LogP contribution in [0.25, 0.3) is 11.3 Å². The first kappa shape index (κ1) is 17.7. The molecule has 0 aliphatic carbocycles. The van der Waals surface area contributed by atoms with Crippen LogP contribution in [-0.2, 0) is 10.0 Å². The zero-order valence-electron chi connectivity index (χ0n) is 13.0. The van der Waals surface area contributed by atoms with Crippen LogP contribution in [0.15, 0.2) is 47.8 Å². The van der Waals surface area contributed by atoms with Gasteiger partial charge in [0, 0.05) is 22.3 Å². The first-order valence-corrected chi connectivity index (χ1v) is 10.2. The second-order valence-corrected chi connectivity index (χ2v) is 8.26. The number of rotatable bonds is 5. The largest absolute Gasteiger partial charge is 0.331 e. The van der Waals surface area contributed by atoms with E-state index in [-0.39, 0.29) is 5.02 Å². The van der Waals surface area contributed by atoms with Gasteiger partial charge >= 0.3 is 0 Å². The number of thiazole rings is 1. The zero-order valence-corrected chi connectivity index (χ0v) is 15.3. The molecule has 0 spiro atoms. The van der Waals surface area contributed by atoms with E-state index in [1.807, 2.05) is 5.38 Å². The van der Waals surface area contributed by atoms with E-state index >= 15 is 0 Å². The maximum atomic E-state index is 13.5. The lowest BCUT2D eigenvalue weighted by atomic mass is 10.1. The molecule has 1 aromatic heterocycles. The molecule has 0 amide bonds. The number of aromatic nitrogens is 1. The SMILES string of the molecule is CS(=O)(=O)Nc1ccc(-c2csc(Nc3ccc(Cl)c(F)c3)n2)cc1. The molecule has 0 aliphatic rings. The van der Waals surface area contributed by atoms with Gasteiger partial charge in [-0.15, -0.1) is 11.3 Å². The van der Waals surface area contributed by atoms with Crippen molar-refractivity contribution in [2.75, 3.05) is 16.3 Å². The van der Waals surface area contributed by atoms with Crippen LogP contribution < -0.4 is 10.0 Å². The van der Waals surface area contributed by atoms with E-state index in [2.05, 4.69) is 15.0 Å². The number of halogens is 2. The molecule has 0 atom stereocenters. The van der Waals surface area contributed by atoms with Crippen molar-refractivity contribution < 1.29 is 12.8 Å². The fourth-order valence-electron chi connectivity index (χ4n) is 2.08. The molecular formula is C16H13ClFN3O2S2. The third-order valence-corrected chi connectivity index (χ3v) is 4.83. The zero-order chi connectivity index (χ0) is 18.0. The second kappa shape index (κ2) is 6.99. The minimum absolute atomic E-state index is 0.0631. The molecule has 9 heteroatoms. The molecule has 0 saturated heterocycles. The number of nitrogens with zero attached hydrogens (tertiary/aromatic N) is 1. The second-order valence-electron chi connectivity index (χ2n) is 5.24. The number of nitrogens with one attached hydrogen (secondary N) is 2. The third kappa shape index (κ3) is 4.68. The molecule has 0 unspecified atom stereocenters. The summed E-state index contributed by atoms with van der Waals surface area (Å²) in [7, 11) is -3.31. The number of anilines is 3. The van der Waals surface area contributed by atoms with E-state index in [0.717, 1.165) is 17.5 Å². The van der Waals surface area contributed by atoms with E-state index in [0.29, 0.717) is 16.5 Å². The molecular weight excluding hydrogens is 385 g/mol. The van der Waals surface area contributed by atoms with Gasteiger partial charge in [-0.2, -0.15) is 0 Å². The molecule has 3 aromatic rings. The maximum Gasteiger partial charge on any atom is 0.229 e. The van der Waals surface area contributed by atoms with Gasteiger partial charge < -0.3 is 5.32 Å². The van der Waals surface area contributed by atoms with E-state index in [4.69, 9.17) is 11.6 Å². The number of benzene rings is 2. The summed E-state index contributed by atoms with van der Waals surface area (Å²) in [6.45, 7) is 0. The molecule has 25 heavy (non-hydrogen) atoms. The molecule has 5 nitrogen and oxygen atoms in total. The van der Waals surface area contributed by atoms with Gasteiger partial charge in [-0.1, -0.05) is 23.7 Å². The van der Waals surface area contributed by atoms with Gasteiger partial charge in [0.15, 0.2) is 5.13 Å². The highest BCUT2D eigenvalue weighted by Gasteiger charge is 2.08. The van der Waals surface area contributed by atoms with Crippen LogP contribution in [0.3, 0.4) is 0 Å². The quantitative estimate of drug-likeness (QED) is 0.653. The van der Waals surface area contributed by atoms with Crippen molar-refractivity contribution in [3.05, 3.63) is 58.7 Å². The molecule has 1 heterocycles. The Morgan fingerprint density at radius 2 is 1.80 bits per heavy atom.